The molecule has 0 aromatic rings. The first-order valence-electron chi connectivity index (χ1n) is 4.60. The van der Waals surface area contributed by atoms with Crippen LogP contribution < -0.4 is 0 Å². The third-order valence-electron chi connectivity index (χ3n) is 2.65. The fraction of sp³-hybridized carbons (Fsp3) is 0.800. The molecule has 0 aromatic heterocycles. The molecule has 0 aromatic carbocycles. The van der Waals surface area contributed by atoms with E-state index in [1.165, 1.54) is 5.57 Å². The van der Waals surface area contributed by atoms with E-state index in [1.54, 1.807) is 0 Å². The monoisotopic (exact) mass is 312 g/mol. The highest BCUT2D eigenvalue weighted by molar-refractivity contribution is 14.1. The van der Waals surface area contributed by atoms with Crippen molar-refractivity contribution >= 4 is 30.9 Å². The Bertz CT molecular complexity index is 192. The van der Waals surface area contributed by atoms with Crippen LogP contribution in [0.1, 0.15) is 27.7 Å². The minimum absolute atomic E-state index is 0.318. The number of rotatable bonds is 3. The van der Waals surface area contributed by atoms with Crippen molar-refractivity contribution in [3.63, 3.8) is 0 Å². The molecule has 0 N–H and O–H groups in total. The Morgan fingerprint density at radius 2 is 1.85 bits per heavy atom. The van der Waals surface area contributed by atoms with E-state index in [0.717, 1.165) is 6.61 Å². The third-order valence-corrected chi connectivity index (χ3v) is 8.19. The van der Waals surface area contributed by atoms with Gasteiger partial charge < -0.3 is 4.43 Å². The van der Waals surface area contributed by atoms with Gasteiger partial charge in [-0.3, -0.25) is 0 Å². The minimum Gasteiger partial charge on any atom is -0.413 e. The van der Waals surface area contributed by atoms with Gasteiger partial charge in [0.1, 0.15) is 0 Å². The van der Waals surface area contributed by atoms with Gasteiger partial charge in [0, 0.05) is 0 Å². The van der Waals surface area contributed by atoms with Gasteiger partial charge in [-0.05, 0) is 34.7 Å². The highest BCUT2D eigenvalue weighted by Crippen LogP contribution is 2.36. The van der Waals surface area contributed by atoms with E-state index in [-0.39, 0.29) is 0 Å². The topological polar surface area (TPSA) is 9.23 Å². The lowest BCUT2D eigenvalue weighted by molar-refractivity contribution is 0.319. The Morgan fingerprint density at radius 3 is 2.15 bits per heavy atom. The van der Waals surface area contributed by atoms with Gasteiger partial charge in [-0.25, -0.2) is 0 Å². The molecule has 0 aliphatic heterocycles. The van der Waals surface area contributed by atoms with Crippen LogP contribution in [-0.2, 0) is 4.43 Å². The van der Waals surface area contributed by atoms with Gasteiger partial charge in [0.2, 0.25) is 0 Å². The van der Waals surface area contributed by atoms with E-state index in [1.807, 2.05) is 0 Å². The predicted molar refractivity (Wildman–Crippen MR) is 70.9 cm³/mol. The number of halogens is 1. The highest BCUT2D eigenvalue weighted by Gasteiger charge is 2.36. The zero-order valence-corrected chi connectivity index (χ0v) is 12.7. The first-order chi connectivity index (χ1) is 5.70. The second kappa shape index (κ2) is 4.93. The first-order valence-corrected chi connectivity index (χ1v) is 8.76. The van der Waals surface area contributed by atoms with Crippen molar-refractivity contribution in [1.82, 2.24) is 0 Å². The molecule has 78 valence electrons. The zero-order valence-electron chi connectivity index (χ0n) is 9.57. The molecule has 0 saturated heterocycles. The summed E-state index contributed by atoms with van der Waals surface area (Å²) in [5.41, 5.74) is 1.31. The SMILES string of the molecule is C/C(=C\I)CO[Si](C)(C)C(C)(C)C. The van der Waals surface area contributed by atoms with Crippen molar-refractivity contribution in [3.05, 3.63) is 9.66 Å². The molecule has 0 spiro atoms. The summed E-state index contributed by atoms with van der Waals surface area (Å²) in [6.45, 7) is 14.3. The van der Waals surface area contributed by atoms with Crippen molar-refractivity contribution in [2.24, 2.45) is 0 Å². The molecule has 3 heteroatoms. The number of hydrogen-bond donors (Lipinski definition) is 0. The van der Waals surface area contributed by atoms with Gasteiger partial charge >= 0.3 is 0 Å². The van der Waals surface area contributed by atoms with E-state index < -0.39 is 8.32 Å². The standard InChI is InChI=1S/C10H21IOSi/c1-9(7-11)8-12-13(5,6)10(2,3)4/h7H,8H2,1-6H3/b9-7+. The van der Waals surface area contributed by atoms with E-state index in [4.69, 9.17) is 4.43 Å². The average molecular weight is 312 g/mol. The van der Waals surface area contributed by atoms with Crippen LogP contribution in [0, 0.1) is 0 Å². The molecule has 0 rings (SSSR count). The Labute approximate surface area is 97.2 Å². The van der Waals surface area contributed by atoms with Crippen LogP contribution in [-0.4, -0.2) is 14.9 Å². The van der Waals surface area contributed by atoms with Crippen LogP contribution in [0.4, 0.5) is 0 Å². The second-order valence-corrected chi connectivity index (χ2v) is 10.4. The summed E-state index contributed by atoms with van der Waals surface area (Å²) in [4.78, 5) is 0. The van der Waals surface area contributed by atoms with E-state index in [2.05, 4.69) is 67.5 Å². The van der Waals surface area contributed by atoms with Gasteiger partial charge in [0.25, 0.3) is 0 Å². The van der Waals surface area contributed by atoms with E-state index in [0.29, 0.717) is 5.04 Å². The Kier molecular flexibility index (Phi) is 5.18. The fourth-order valence-electron chi connectivity index (χ4n) is 0.542. The molecule has 0 aliphatic rings. The predicted octanol–water partition coefficient (Wildman–Crippen LogP) is 4.35. The highest BCUT2D eigenvalue weighted by atomic mass is 127. The molecule has 0 saturated carbocycles. The van der Waals surface area contributed by atoms with Crippen LogP contribution in [0.2, 0.25) is 18.1 Å². The third kappa shape index (κ3) is 4.60. The van der Waals surface area contributed by atoms with Crippen molar-refractivity contribution in [2.45, 2.75) is 45.8 Å². The Hall–Kier alpha value is 0.647. The average Bonchev–Trinajstić information content (AvgIpc) is 1.98. The summed E-state index contributed by atoms with van der Waals surface area (Å²) < 4.78 is 8.10. The van der Waals surface area contributed by atoms with E-state index >= 15 is 0 Å². The van der Waals surface area contributed by atoms with Gasteiger partial charge in [-0.1, -0.05) is 43.4 Å². The normalized spacial score (nSPS) is 14.8. The lowest BCUT2D eigenvalue weighted by Gasteiger charge is -2.36. The van der Waals surface area contributed by atoms with Crippen LogP contribution >= 0.6 is 22.6 Å². The first kappa shape index (κ1) is 13.6. The lowest BCUT2D eigenvalue weighted by Crippen LogP contribution is -2.41. The minimum atomic E-state index is -1.53. The van der Waals surface area contributed by atoms with Gasteiger partial charge in [-0.2, -0.15) is 0 Å². The molecule has 1 nitrogen and oxygen atoms in total. The smallest absolute Gasteiger partial charge is 0.192 e. The summed E-state index contributed by atoms with van der Waals surface area (Å²) in [5, 5.41) is 0.318. The fourth-order valence-corrected chi connectivity index (χ4v) is 1.74. The maximum atomic E-state index is 6.01. The Balaban J connectivity index is 4.20. The lowest BCUT2D eigenvalue weighted by atomic mass is 10.2. The summed E-state index contributed by atoms with van der Waals surface area (Å²) >= 11 is 2.26. The van der Waals surface area contributed by atoms with Crippen LogP contribution in [0.25, 0.3) is 0 Å². The molecular formula is C10H21IOSi. The van der Waals surface area contributed by atoms with Gasteiger partial charge in [0.15, 0.2) is 8.32 Å². The molecule has 13 heavy (non-hydrogen) atoms. The molecule has 0 amide bonds. The Morgan fingerprint density at radius 1 is 1.38 bits per heavy atom. The van der Waals surface area contributed by atoms with Crippen LogP contribution in [0.3, 0.4) is 0 Å². The second-order valence-electron chi connectivity index (χ2n) is 5.00. The molecule has 0 bridgehead atoms. The van der Waals surface area contributed by atoms with Crippen molar-refractivity contribution in [3.8, 4) is 0 Å². The summed E-state index contributed by atoms with van der Waals surface area (Å²) in [6, 6.07) is 0. The van der Waals surface area contributed by atoms with Crippen molar-refractivity contribution < 1.29 is 4.43 Å². The molecule has 0 atom stereocenters. The van der Waals surface area contributed by atoms with E-state index in [9.17, 15) is 0 Å². The molecule has 0 unspecified atom stereocenters. The largest absolute Gasteiger partial charge is 0.413 e. The zero-order chi connectivity index (χ0) is 10.7. The van der Waals surface area contributed by atoms with Gasteiger partial charge in [-0.15, -0.1) is 0 Å². The quantitative estimate of drug-likeness (QED) is 0.556. The maximum Gasteiger partial charge on any atom is 0.192 e. The maximum absolute atomic E-state index is 6.01. The molecule has 0 radical (unpaired) electrons. The number of hydrogen-bond acceptors (Lipinski definition) is 1. The van der Waals surface area contributed by atoms with Crippen LogP contribution in [0.5, 0.6) is 0 Å². The molecule has 0 aliphatic carbocycles. The molecular weight excluding hydrogens is 291 g/mol. The molecule has 0 heterocycles. The molecule has 0 fully saturated rings. The van der Waals surface area contributed by atoms with Gasteiger partial charge in [0.05, 0.1) is 6.61 Å². The van der Waals surface area contributed by atoms with Crippen molar-refractivity contribution in [1.29, 1.82) is 0 Å². The summed E-state index contributed by atoms with van der Waals surface area (Å²) in [5.74, 6) is 0. The van der Waals surface area contributed by atoms with Crippen molar-refractivity contribution in [2.75, 3.05) is 6.61 Å². The van der Waals surface area contributed by atoms with Crippen LogP contribution in [0.15, 0.2) is 9.66 Å². The summed E-state index contributed by atoms with van der Waals surface area (Å²) in [7, 11) is -1.53. The summed E-state index contributed by atoms with van der Waals surface area (Å²) in [6.07, 6.45) is 0.